The fourth-order valence-electron chi connectivity index (χ4n) is 1.21. The second-order valence-electron chi connectivity index (χ2n) is 3.35. The van der Waals surface area contributed by atoms with E-state index in [1.54, 1.807) is 29.5 Å². The Morgan fingerprint density at radius 2 is 2.31 bits per heavy atom. The molecule has 84 valence electrons. The SMILES string of the molecule is Cc1csc(COc2ccc(N)c(Cl)c2)n1. The number of aryl methyl sites for hydroxylation is 1. The van der Waals surface area contributed by atoms with Crippen LogP contribution in [0.5, 0.6) is 5.75 Å². The lowest BCUT2D eigenvalue weighted by Crippen LogP contribution is -1.95. The molecular formula is C11H11ClN2OS. The van der Waals surface area contributed by atoms with Crippen molar-refractivity contribution < 1.29 is 4.74 Å². The van der Waals surface area contributed by atoms with Crippen molar-refractivity contribution in [1.82, 2.24) is 4.98 Å². The maximum Gasteiger partial charge on any atom is 0.140 e. The third kappa shape index (κ3) is 2.65. The summed E-state index contributed by atoms with van der Waals surface area (Å²) < 4.78 is 5.55. The summed E-state index contributed by atoms with van der Waals surface area (Å²) in [5, 5.41) is 3.45. The van der Waals surface area contributed by atoms with Crippen LogP contribution in [-0.2, 0) is 6.61 Å². The summed E-state index contributed by atoms with van der Waals surface area (Å²) in [7, 11) is 0. The molecule has 0 saturated carbocycles. The number of anilines is 1. The average Bonchev–Trinajstić information content (AvgIpc) is 2.66. The highest BCUT2D eigenvalue weighted by Crippen LogP contribution is 2.24. The average molecular weight is 255 g/mol. The number of nitrogen functional groups attached to an aromatic ring is 1. The second kappa shape index (κ2) is 4.72. The molecule has 1 heterocycles. The fourth-order valence-corrected chi connectivity index (χ4v) is 2.07. The van der Waals surface area contributed by atoms with Crippen molar-refractivity contribution >= 4 is 28.6 Å². The number of aromatic nitrogens is 1. The topological polar surface area (TPSA) is 48.1 Å². The zero-order valence-electron chi connectivity index (χ0n) is 8.74. The van der Waals surface area contributed by atoms with Crippen molar-refractivity contribution in [2.45, 2.75) is 13.5 Å². The van der Waals surface area contributed by atoms with Gasteiger partial charge in [-0.2, -0.15) is 0 Å². The van der Waals surface area contributed by atoms with E-state index in [0.29, 0.717) is 23.1 Å². The van der Waals surface area contributed by atoms with Crippen LogP contribution in [-0.4, -0.2) is 4.98 Å². The molecule has 0 aliphatic carbocycles. The summed E-state index contributed by atoms with van der Waals surface area (Å²) in [6, 6.07) is 5.23. The summed E-state index contributed by atoms with van der Waals surface area (Å²) in [5.41, 5.74) is 7.17. The fraction of sp³-hybridized carbons (Fsp3) is 0.182. The monoisotopic (exact) mass is 254 g/mol. The minimum atomic E-state index is 0.457. The predicted octanol–water partition coefficient (Wildman–Crippen LogP) is 3.27. The van der Waals surface area contributed by atoms with Gasteiger partial charge in [-0.1, -0.05) is 11.6 Å². The quantitative estimate of drug-likeness (QED) is 0.856. The van der Waals surface area contributed by atoms with Crippen LogP contribution in [0.25, 0.3) is 0 Å². The highest BCUT2D eigenvalue weighted by molar-refractivity contribution is 7.09. The molecule has 0 bridgehead atoms. The summed E-state index contributed by atoms with van der Waals surface area (Å²) in [5.74, 6) is 0.701. The lowest BCUT2D eigenvalue weighted by atomic mass is 10.3. The zero-order valence-corrected chi connectivity index (χ0v) is 10.3. The molecule has 0 spiro atoms. The first-order chi connectivity index (χ1) is 7.65. The van der Waals surface area contributed by atoms with Gasteiger partial charge in [0, 0.05) is 17.1 Å². The van der Waals surface area contributed by atoms with Crippen LogP contribution in [0.2, 0.25) is 5.02 Å². The van der Waals surface area contributed by atoms with E-state index in [1.807, 2.05) is 12.3 Å². The van der Waals surface area contributed by atoms with Gasteiger partial charge in [-0.05, 0) is 19.1 Å². The molecule has 5 heteroatoms. The van der Waals surface area contributed by atoms with E-state index in [9.17, 15) is 0 Å². The van der Waals surface area contributed by atoms with E-state index in [-0.39, 0.29) is 0 Å². The van der Waals surface area contributed by atoms with Crippen molar-refractivity contribution in [2.75, 3.05) is 5.73 Å². The number of benzene rings is 1. The molecule has 0 aliphatic heterocycles. The van der Waals surface area contributed by atoms with Crippen molar-refractivity contribution in [3.63, 3.8) is 0 Å². The predicted molar refractivity (Wildman–Crippen MR) is 67.0 cm³/mol. The molecule has 0 amide bonds. The largest absolute Gasteiger partial charge is 0.486 e. The normalized spacial score (nSPS) is 10.4. The molecule has 2 N–H and O–H groups in total. The smallest absolute Gasteiger partial charge is 0.140 e. The molecule has 0 saturated heterocycles. The summed E-state index contributed by atoms with van der Waals surface area (Å²) in [4.78, 5) is 4.30. The first kappa shape index (κ1) is 11.2. The highest BCUT2D eigenvalue weighted by Gasteiger charge is 2.02. The Bertz CT molecular complexity index is 498. The van der Waals surface area contributed by atoms with Gasteiger partial charge in [-0.15, -0.1) is 11.3 Å². The van der Waals surface area contributed by atoms with Gasteiger partial charge in [0.2, 0.25) is 0 Å². The zero-order chi connectivity index (χ0) is 11.5. The van der Waals surface area contributed by atoms with Crippen molar-refractivity contribution in [3.8, 4) is 5.75 Å². The van der Waals surface area contributed by atoms with Crippen LogP contribution in [0.1, 0.15) is 10.7 Å². The molecule has 2 rings (SSSR count). The van der Waals surface area contributed by atoms with E-state index >= 15 is 0 Å². The molecular weight excluding hydrogens is 244 g/mol. The summed E-state index contributed by atoms with van der Waals surface area (Å²) >= 11 is 7.46. The molecule has 0 unspecified atom stereocenters. The minimum absolute atomic E-state index is 0.457. The second-order valence-corrected chi connectivity index (χ2v) is 4.70. The van der Waals surface area contributed by atoms with Crippen molar-refractivity contribution in [1.29, 1.82) is 0 Å². The number of rotatable bonds is 3. The first-order valence-electron chi connectivity index (χ1n) is 4.74. The Hall–Kier alpha value is -1.26. The Balaban J connectivity index is 2.02. The lowest BCUT2D eigenvalue weighted by molar-refractivity contribution is 0.305. The van der Waals surface area contributed by atoms with Gasteiger partial charge in [-0.25, -0.2) is 4.98 Å². The third-order valence-electron chi connectivity index (χ3n) is 2.00. The van der Waals surface area contributed by atoms with Crippen LogP contribution >= 0.6 is 22.9 Å². The number of nitrogens with zero attached hydrogens (tertiary/aromatic N) is 1. The molecule has 1 aromatic heterocycles. The number of nitrogens with two attached hydrogens (primary N) is 1. The molecule has 16 heavy (non-hydrogen) atoms. The third-order valence-corrected chi connectivity index (χ3v) is 3.27. The van der Waals surface area contributed by atoms with Crippen LogP contribution in [0.4, 0.5) is 5.69 Å². The number of hydrogen-bond acceptors (Lipinski definition) is 4. The van der Waals surface area contributed by atoms with E-state index in [2.05, 4.69) is 4.98 Å². The van der Waals surface area contributed by atoms with Crippen LogP contribution in [0.15, 0.2) is 23.6 Å². The van der Waals surface area contributed by atoms with Crippen LogP contribution in [0, 0.1) is 6.92 Å². The van der Waals surface area contributed by atoms with Gasteiger partial charge in [-0.3, -0.25) is 0 Å². The Kier molecular flexibility index (Phi) is 3.31. The van der Waals surface area contributed by atoms with E-state index in [1.165, 1.54) is 0 Å². The van der Waals surface area contributed by atoms with Gasteiger partial charge in [0.15, 0.2) is 0 Å². The standard InChI is InChI=1S/C11H11ClN2OS/c1-7-6-16-11(14-7)5-15-8-2-3-10(13)9(12)4-8/h2-4,6H,5,13H2,1H3. The van der Waals surface area contributed by atoms with Gasteiger partial charge >= 0.3 is 0 Å². The summed E-state index contributed by atoms with van der Waals surface area (Å²) in [6.07, 6.45) is 0. The molecule has 0 radical (unpaired) electrons. The number of thiazole rings is 1. The molecule has 0 atom stereocenters. The van der Waals surface area contributed by atoms with E-state index in [0.717, 1.165) is 10.7 Å². The number of halogens is 1. The van der Waals surface area contributed by atoms with Crippen LogP contribution < -0.4 is 10.5 Å². The lowest BCUT2D eigenvalue weighted by Gasteiger charge is -2.05. The van der Waals surface area contributed by atoms with Gasteiger partial charge in [0.1, 0.15) is 17.4 Å². The number of hydrogen-bond donors (Lipinski definition) is 1. The highest BCUT2D eigenvalue weighted by atomic mass is 35.5. The number of ether oxygens (including phenoxy) is 1. The van der Waals surface area contributed by atoms with Gasteiger partial charge in [0.05, 0.1) is 10.7 Å². The first-order valence-corrected chi connectivity index (χ1v) is 6.00. The van der Waals surface area contributed by atoms with Gasteiger partial charge < -0.3 is 10.5 Å². The van der Waals surface area contributed by atoms with Crippen LogP contribution in [0.3, 0.4) is 0 Å². The Morgan fingerprint density at radius 3 is 2.94 bits per heavy atom. The molecule has 3 nitrogen and oxygen atoms in total. The van der Waals surface area contributed by atoms with Crippen molar-refractivity contribution in [2.24, 2.45) is 0 Å². The minimum Gasteiger partial charge on any atom is -0.486 e. The maximum absolute atomic E-state index is 5.88. The Labute approximate surface area is 103 Å². The van der Waals surface area contributed by atoms with Gasteiger partial charge in [0.25, 0.3) is 0 Å². The Morgan fingerprint density at radius 1 is 1.50 bits per heavy atom. The maximum atomic E-state index is 5.88. The van der Waals surface area contributed by atoms with Crippen molar-refractivity contribution in [3.05, 3.63) is 39.3 Å². The van der Waals surface area contributed by atoms with E-state index in [4.69, 9.17) is 22.1 Å². The molecule has 0 aliphatic rings. The van der Waals surface area contributed by atoms with E-state index < -0.39 is 0 Å². The molecule has 1 aromatic carbocycles. The summed E-state index contributed by atoms with van der Waals surface area (Å²) in [6.45, 7) is 2.42. The molecule has 0 fully saturated rings. The molecule has 2 aromatic rings.